The summed E-state index contributed by atoms with van der Waals surface area (Å²) in [5.74, 6) is 1.97. The Morgan fingerprint density at radius 2 is 1.67 bits per heavy atom. The van der Waals surface area contributed by atoms with Gasteiger partial charge in [0.05, 0.1) is 21.3 Å². The molecule has 0 aliphatic rings. The number of benzene rings is 1. The summed E-state index contributed by atoms with van der Waals surface area (Å²) in [5.41, 5.74) is 2.38. The minimum atomic E-state index is 0.618. The Hall–Kier alpha value is -0.940. The lowest BCUT2D eigenvalue weighted by molar-refractivity contribution is 0.324. The van der Waals surface area contributed by atoms with Gasteiger partial charge in [0.15, 0.2) is 11.5 Å². The van der Waals surface area contributed by atoms with Crippen molar-refractivity contribution in [2.45, 2.75) is 6.42 Å². The van der Waals surface area contributed by atoms with Crippen LogP contribution in [0.15, 0.2) is 35.9 Å². The van der Waals surface area contributed by atoms with Crippen LogP contribution >= 0.6 is 31.9 Å². The van der Waals surface area contributed by atoms with E-state index < -0.39 is 0 Å². The number of halogens is 2. The number of alkyl halides is 2. The van der Waals surface area contributed by atoms with Crippen LogP contribution in [0.2, 0.25) is 0 Å². The molecular weight excluding hydrogens is 400 g/mol. The number of methoxy groups -OCH3 is 3. The van der Waals surface area contributed by atoms with Gasteiger partial charge in [-0.1, -0.05) is 55.7 Å². The highest BCUT2D eigenvalue weighted by atomic mass is 79.9. The Balaban J connectivity index is 3.07. The molecule has 0 bridgehead atoms. The summed E-state index contributed by atoms with van der Waals surface area (Å²) in [5, 5.41) is 1.67. The SMILES string of the molecule is COc1cc(C/C(=C\C=C\CBr)CBr)cc(OC)c1OC. The van der Waals surface area contributed by atoms with Crippen LogP contribution in [0.5, 0.6) is 17.2 Å². The molecule has 116 valence electrons. The van der Waals surface area contributed by atoms with Crippen LogP contribution in [0.4, 0.5) is 0 Å². The van der Waals surface area contributed by atoms with Gasteiger partial charge in [0, 0.05) is 10.7 Å². The van der Waals surface area contributed by atoms with Gasteiger partial charge in [-0.05, 0) is 24.1 Å². The zero-order valence-electron chi connectivity index (χ0n) is 12.5. The molecule has 1 aromatic rings. The third kappa shape index (κ3) is 5.40. The van der Waals surface area contributed by atoms with Crippen molar-refractivity contribution in [3.05, 3.63) is 41.5 Å². The first-order chi connectivity index (χ1) is 10.2. The standard InChI is InChI=1S/C16H20Br2O3/c1-19-14-9-13(10-15(20-2)16(14)21-3)8-12(11-18)6-4-5-7-17/h4-6,9-10H,7-8,11H2,1-3H3/b5-4+,12-6+. The summed E-state index contributed by atoms with van der Waals surface area (Å²) in [6.45, 7) is 0. The van der Waals surface area contributed by atoms with Gasteiger partial charge in [-0.25, -0.2) is 0 Å². The molecule has 0 aliphatic heterocycles. The van der Waals surface area contributed by atoms with Crippen molar-refractivity contribution in [2.75, 3.05) is 32.0 Å². The summed E-state index contributed by atoms with van der Waals surface area (Å²) < 4.78 is 16.1. The number of allylic oxidation sites excluding steroid dienone is 4. The Morgan fingerprint density at radius 3 is 2.10 bits per heavy atom. The Morgan fingerprint density at radius 1 is 1.05 bits per heavy atom. The second-order valence-corrected chi connectivity index (χ2v) is 5.46. The molecule has 0 fully saturated rings. The van der Waals surface area contributed by atoms with E-state index in [0.29, 0.717) is 17.2 Å². The maximum absolute atomic E-state index is 5.38. The average Bonchev–Trinajstić information content (AvgIpc) is 2.52. The van der Waals surface area contributed by atoms with E-state index in [0.717, 1.165) is 22.6 Å². The number of hydrogen-bond acceptors (Lipinski definition) is 3. The minimum absolute atomic E-state index is 0.618. The molecule has 3 nitrogen and oxygen atoms in total. The lowest BCUT2D eigenvalue weighted by atomic mass is 10.0. The van der Waals surface area contributed by atoms with Gasteiger partial charge in [0.2, 0.25) is 5.75 Å². The minimum Gasteiger partial charge on any atom is -0.493 e. The van der Waals surface area contributed by atoms with Gasteiger partial charge >= 0.3 is 0 Å². The summed E-state index contributed by atoms with van der Waals surface area (Å²) in [6.07, 6.45) is 7.02. The highest BCUT2D eigenvalue weighted by Gasteiger charge is 2.13. The van der Waals surface area contributed by atoms with Gasteiger partial charge in [-0.2, -0.15) is 0 Å². The molecule has 0 spiro atoms. The Kier molecular flexibility index (Phi) is 8.54. The third-order valence-electron chi connectivity index (χ3n) is 2.88. The fraction of sp³-hybridized carbons (Fsp3) is 0.375. The van der Waals surface area contributed by atoms with E-state index in [9.17, 15) is 0 Å². The molecular formula is C16H20Br2O3. The maximum Gasteiger partial charge on any atom is 0.203 e. The quantitative estimate of drug-likeness (QED) is 0.457. The number of rotatable bonds is 8. The first kappa shape index (κ1) is 18.1. The molecule has 21 heavy (non-hydrogen) atoms. The summed E-state index contributed by atoms with van der Waals surface area (Å²) in [4.78, 5) is 0. The predicted molar refractivity (Wildman–Crippen MR) is 94.6 cm³/mol. The van der Waals surface area contributed by atoms with E-state index >= 15 is 0 Å². The second-order valence-electron chi connectivity index (χ2n) is 4.25. The molecule has 1 rings (SSSR count). The van der Waals surface area contributed by atoms with Crippen molar-refractivity contribution in [1.29, 1.82) is 0 Å². The monoisotopic (exact) mass is 418 g/mol. The van der Waals surface area contributed by atoms with Crippen LogP contribution in [0.3, 0.4) is 0 Å². The van der Waals surface area contributed by atoms with Crippen molar-refractivity contribution >= 4 is 31.9 Å². The predicted octanol–water partition coefficient (Wildman–Crippen LogP) is 4.53. The number of ether oxygens (including phenoxy) is 3. The fourth-order valence-electron chi connectivity index (χ4n) is 1.91. The first-order valence-electron chi connectivity index (χ1n) is 6.45. The molecule has 5 heteroatoms. The van der Waals surface area contributed by atoms with Crippen molar-refractivity contribution < 1.29 is 14.2 Å². The lowest BCUT2D eigenvalue weighted by Crippen LogP contribution is -1.98. The molecule has 0 aliphatic carbocycles. The third-order valence-corrected chi connectivity index (χ3v) is 3.98. The van der Waals surface area contributed by atoms with E-state index in [1.54, 1.807) is 21.3 Å². The van der Waals surface area contributed by atoms with E-state index in [1.807, 2.05) is 18.2 Å². The molecule has 1 aromatic carbocycles. The van der Waals surface area contributed by atoms with Crippen LogP contribution in [0, 0.1) is 0 Å². The van der Waals surface area contributed by atoms with Gasteiger partial charge < -0.3 is 14.2 Å². The van der Waals surface area contributed by atoms with Crippen molar-refractivity contribution in [3.8, 4) is 17.2 Å². The Labute approximate surface area is 143 Å². The highest BCUT2D eigenvalue weighted by molar-refractivity contribution is 9.09. The molecule has 0 N–H and O–H groups in total. The van der Waals surface area contributed by atoms with Crippen LogP contribution in [-0.4, -0.2) is 32.0 Å². The summed E-state index contributed by atoms with van der Waals surface area (Å²) >= 11 is 6.89. The zero-order chi connectivity index (χ0) is 15.7. The molecule has 0 amide bonds. The van der Waals surface area contributed by atoms with Crippen LogP contribution < -0.4 is 14.2 Å². The molecule has 0 unspecified atom stereocenters. The van der Waals surface area contributed by atoms with Gasteiger partial charge in [-0.3, -0.25) is 0 Å². The van der Waals surface area contributed by atoms with Crippen molar-refractivity contribution in [1.82, 2.24) is 0 Å². The molecule has 0 aromatic heterocycles. The fourth-order valence-corrected chi connectivity index (χ4v) is 2.51. The van der Waals surface area contributed by atoms with Crippen LogP contribution in [0.1, 0.15) is 5.56 Å². The first-order valence-corrected chi connectivity index (χ1v) is 8.69. The molecule has 0 saturated carbocycles. The molecule has 0 radical (unpaired) electrons. The molecule has 0 atom stereocenters. The molecule has 0 saturated heterocycles. The summed E-state index contributed by atoms with van der Waals surface area (Å²) in [7, 11) is 4.86. The largest absolute Gasteiger partial charge is 0.493 e. The smallest absolute Gasteiger partial charge is 0.203 e. The van der Waals surface area contributed by atoms with E-state index in [4.69, 9.17) is 14.2 Å². The van der Waals surface area contributed by atoms with Gasteiger partial charge in [0.25, 0.3) is 0 Å². The van der Waals surface area contributed by atoms with Crippen LogP contribution in [-0.2, 0) is 6.42 Å². The van der Waals surface area contributed by atoms with Crippen molar-refractivity contribution in [2.24, 2.45) is 0 Å². The maximum atomic E-state index is 5.38. The lowest BCUT2D eigenvalue weighted by Gasteiger charge is -2.14. The average molecular weight is 420 g/mol. The topological polar surface area (TPSA) is 27.7 Å². The van der Waals surface area contributed by atoms with Crippen molar-refractivity contribution in [3.63, 3.8) is 0 Å². The van der Waals surface area contributed by atoms with E-state index in [1.165, 1.54) is 5.57 Å². The zero-order valence-corrected chi connectivity index (χ0v) is 15.7. The molecule has 0 heterocycles. The van der Waals surface area contributed by atoms with Gasteiger partial charge in [-0.15, -0.1) is 0 Å². The van der Waals surface area contributed by atoms with Gasteiger partial charge in [0.1, 0.15) is 0 Å². The Bertz CT molecular complexity index is 485. The normalized spacial score (nSPS) is 11.8. The van der Waals surface area contributed by atoms with E-state index in [-0.39, 0.29) is 0 Å². The highest BCUT2D eigenvalue weighted by Crippen LogP contribution is 2.38. The van der Waals surface area contributed by atoms with Crippen LogP contribution in [0.25, 0.3) is 0 Å². The second kappa shape index (κ2) is 9.90. The van der Waals surface area contributed by atoms with E-state index in [2.05, 4.69) is 44.0 Å². The number of hydrogen-bond donors (Lipinski definition) is 0. The summed E-state index contributed by atoms with van der Waals surface area (Å²) in [6, 6.07) is 3.96.